The Morgan fingerprint density at radius 1 is 1.56 bits per heavy atom. The minimum absolute atomic E-state index is 0.163. The molecule has 0 unspecified atom stereocenters. The van der Waals surface area contributed by atoms with E-state index >= 15 is 0 Å². The van der Waals surface area contributed by atoms with Gasteiger partial charge in [0.1, 0.15) is 5.82 Å². The minimum atomic E-state index is -0.283. The molecule has 18 heavy (non-hydrogen) atoms. The van der Waals surface area contributed by atoms with Crippen LogP contribution in [0.5, 0.6) is 0 Å². The molecule has 1 aromatic carbocycles. The van der Waals surface area contributed by atoms with Crippen LogP contribution in [0.25, 0.3) is 0 Å². The first-order chi connectivity index (χ1) is 8.58. The summed E-state index contributed by atoms with van der Waals surface area (Å²) in [5.74, 6) is 0.114. The van der Waals surface area contributed by atoms with Crippen LogP contribution < -0.4 is 5.73 Å². The molecule has 0 aliphatic carbocycles. The van der Waals surface area contributed by atoms with E-state index in [4.69, 9.17) is 5.73 Å². The van der Waals surface area contributed by atoms with Gasteiger partial charge in [-0.05, 0) is 24.6 Å². The Labute approximate surface area is 117 Å². The van der Waals surface area contributed by atoms with Gasteiger partial charge in [0.2, 0.25) is 0 Å². The lowest BCUT2D eigenvalue weighted by Crippen LogP contribution is -2.14. The maximum absolute atomic E-state index is 13.0. The first-order valence-corrected chi connectivity index (χ1v) is 6.93. The van der Waals surface area contributed by atoms with Gasteiger partial charge in [-0.25, -0.2) is 9.37 Å². The molecule has 0 bridgehead atoms. The average molecular weight is 328 g/mol. The van der Waals surface area contributed by atoms with Crippen LogP contribution in [-0.2, 0) is 0 Å². The Bertz CT molecular complexity index is 569. The summed E-state index contributed by atoms with van der Waals surface area (Å²) in [6, 6.07) is 4.36. The Kier molecular flexibility index (Phi) is 4.08. The van der Waals surface area contributed by atoms with Crippen molar-refractivity contribution in [3.8, 4) is 0 Å². The van der Waals surface area contributed by atoms with Crippen molar-refractivity contribution in [3.63, 3.8) is 0 Å². The van der Waals surface area contributed by atoms with Gasteiger partial charge in [-0.2, -0.15) is 0 Å². The van der Waals surface area contributed by atoms with E-state index in [0.717, 1.165) is 5.56 Å². The van der Waals surface area contributed by atoms with Gasteiger partial charge < -0.3 is 5.73 Å². The smallest absolute Gasteiger partial charge is 0.157 e. The maximum Gasteiger partial charge on any atom is 0.157 e. The lowest BCUT2D eigenvalue weighted by atomic mass is 10.1. The second-order valence-electron chi connectivity index (χ2n) is 3.69. The molecule has 94 valence electrons. The van der Waals surface area contributed by atoms with Gasteiger partial charge in [-0.3, -0.25) is 4.99 Å². The molecule has 0 radical (unpaired) electrons. The van der Waals surface area contributed by atoms with Crippen molar-refractivity contribution in [3.05, 3.63) is 50.6 Å². The number of halogens is 2. The zero-order valence-electron chi connectivity index (χ0n) is 9.60. The normalized spacial score (nSPS) is 13.6. The highest BCUT2D eigenvalue weighted by atomic mass is 79.9. The highest BCUT2D eigenvalue weighted by Crippen LogP contribution is 2.26. The molecule has 2 rings (SSSR count). The van der Waals surface area contributed by atoms with Gasteiger partial charge in [0, 0.05) is 16.0 Å². The standard InChI is InChI=1S/C12H11BrFN3S/c1-7(9-3-2-8(14)6-10(9)13)17-11(15)12-16-4-5-18-12/h2-7H,1H3,(H2,15,17)/t7-/m1/s1. The molecular weight excluding hydrogens is 317 g/mol. The van der Waals surface area contributed by atoms with Crippen LogP contribution in [0.3, 0.4) is 0 Å². The minimum Gasteiger partial charge on any atom is -0.381 e. The largest absolute Gasteiger partial charge is 0.381 e. The topological polar surface area (TPSA) is 51.3 Å². The van der Waals surface area contributed by atoms with Crippen LogP contribution in [0, 0.1) is 5.82 Å². The maximum atomic E-state index is 13.0. The van der Waals surface area contributed by atoms with Gasteiger partial charge in [0.15, 0.2) is 10.8 Å². The Morgan fingerprint density at radius 2 is 2.33 bits per heavy atom. The second-order valence-corrected chi connectivity index (χ2v) is 5.44. The molecule has 0 aliphatic rings. The van der Waals surface area contributed by atoms with Crippen molar-refractivity contribution in [1.29, 1.82) is 0 Å². The molecular formula is C12H11BrFN3S. The SMILES string of the molecule is C[C@@H](N=C(N)c1nccs1)c1ccc(F)cc1Br. The summed E-state index contributed by atoms with van der Waals surface area (Å²) in [5, 5.41) is 2.54. The van der Waals surface area contributed by atoms with E-state index in [1.807, 2.05) is 12.3 Å². The van der Waals surface area contributed by atoms with Crippen molar-refractivity contribution in [1.82, 2.24) is 4.98 Å². The lowest BCUT2D eigenvalue weighted by molar-refractivity contribution is 0.624. The Morgan fingerprint density at radius 3 is 2.94 bits per heavy atom. The molecule has 0 spiro atoms. The van der Waals surface area contributed by atoms with E-state index in [0.29, 0.717) is 15.3 Å². The molecule has 2 N–H and O–H groups in total. The summed E-state index contributed by atoms with van der Waals surface area (Å²) in [7, 11) is 0. The number of nitrogens with two attached hydrogens (primary N) is 1. The zero-order chi connectivity index (χ0) is 13.1. The number of hydrogen-bond acceptors (Lipinski definition) is 3. The lowest BCUT2D eigenvalue weighted by Gasteiger charge is -2.10. The summed E-state index contributed by atoms with van der Waals surface area (Å²) in [6.07, 6.45) is 1.68. The number of thiazole rings is 1. The molecule has 6 heteroatoms. The highest BCUT2D eigenvalue weighted by Gasteiger charge is 2.11. The fourth-order valence-corrected chi connectivity index (χ4v) is 2.75. The van der Waals surface area contributed by atoms with Gasteiger partial charge in [-0.15, -0.1) is 11.3 Å². The first-order valence-electron chi connectivity index (χ1n) is 5.26. The van der Waals surface area contributed by atoms with Gasteiger partial charge in [0.25, 0.3) is 0 Å². The molecule has 1 atom stereocenters. The molecule has 2 aromatic rings. The van der Waals surface area contributed by atoms with E-state index in [1.54, 1.807) is 12.3 Å². The number of nitrogens with zero attached hydrogens (tertiary/aromatic N) is 2. The van der Waals surface area contributed by atoms with Crippen LogP contribution >= 0.6 is 27.3 Å². The molecule has 0 aliphatic heterocycles. The van der Waals surface area contributed by atoms with E-state index in [2.05, 4.69) is 25.9 Å². The summed E-state index contributed by atoms with van der Waals surface area (Å²) in [6.45, 7) is 1.90. The van der Waals surface area contributed by atoms with E-state index in [-0.39, 0.29) is 11.9 Å². The second kappa shape index (κ2) is 5.58. The van der Waals surface area contributed by atoms with Gasteiger partial charge in [-0.1, -0.05) is 22.0 Å². The van der Waals surface area contributed by atoms with Gasteiger partial charge in [0.05, 0.1) is 6.04 Å². The third-order valence-electron chi connectivity index (χ3n) is 2.40. The third kappa shape index (κ3) is 2.94. The molecule has 0 saturated carbocycles. The summed E-state index contributed by atoms with van der Waals surface area (Å²) < 4.78 is 13.7. The molecule has 0 fully saturated rings. The van der Waals surface area contributed by atoms with E-state index in [1.165, 1.54) is 23.5 Å². The number of hydrogen-bond donors (Lipinski definition) is 1. The van der Waals surface area contributed by atoms with Crippen molar-refractivity contribution < 1.29 is 4.39 Å². The van der Waals surface area contributed by atoms with Crippen LogP contribution in [0.1, 0.15) is 23.5 Å². The van der Waals surface area contributed by atoms with Crippen molar-refractivity contribution >= 4 is 33.1 Å². The van der Waals surface area contributed by atoms with Crippen LogP contribution in [0.2, 0.25) is 0 Å². The number of rotatable bonds is 3. The first kappa shape index (κ1) is 13.2. The summed E-state index contributed by atoms with van der Waals surface area (Å²) in [4.78, 5) is 8.46. The van der Waals surface area contributed by atoms with Crippen LogP contribution in [0.4, 0.5) is 4.39 Å². The predicted molar refractivity (Wildman–Crippen MR) is 75.4 cm³/mol. The van der Waals surface area contributed by atoms with Crippen molar-refractivity contribution in [2.45, 2.75) is 13.0 Å². The fourth-order valence-electron chi connectivity index (χ4n) is 1.52. The zero-order valence-corrected chi connectivity index (χ0v) is 12.0. The number of aliphatic imine (C=N–C) groups is 1. The number of aromatic nitrogens is 1. The van der Waals surface area contributed by atoms with Gasteiger partial charge >= 0.3 is 0 Å². The molecule has 0 saturated heterocycles. The van der Waals surface area contributed by atoms with E-state index in [9.17, 15) is 4.39 Å². The van der Waals surface area contributed by atoms with Crippen LogP contribution in [0.15, 0.2) is 39.2 Å². The monoisotopic (exact) mass is 327 g/mol. The molecule has 1 heterocycles. The van der Waals surface area contributed by atoms with Crippen molar-refractivity contribution in [2.75, 3.05) is 0 Å². The Balaban J connectivity index is 2.26. The number of benzene rings is 1. The third-order valence-corrected chi connectivity index (χ3v) is 3.88. The summed E-state index contributed by atoms with van der Waals surface area (Å²) in [5.41, 5.74) is 6.75. The van der Waals surface area contributed by atoms with Crippen molar-refractivity contribution in [2.24, 2.45) is 10.7 Å². The highest BCUT2D eigenvalue weighted by molar-refractivity contribution is 9.10. The number of amidine groups is 1. The predicted octanol–water partition coefficient (Wildman–Crippen LogP) is 3.51. The fraction of sp³-hybridized carbons (Fsp3) is 0.167. The Hall–Kier alpha value is -1.27. The van der Waals surface area contributed by atoms with Crippen LogP contribution in [-0.4, -0.2) is 10.8 Å². The molecule has 3 nitrogen and oxygen atoms in total. The average Bonchev–Trinajstić information content (AvgIpc) is 2.81. The quantitative estimate of drug-likeness (QED) is 0.692. The molecule has 0 amide bonds. The molecule has 1 aromatic heterocycles. The summed E-state index contributed by atoms with van der Waals surface area (Å²) >= 11 is 4.76. The van der Waals surface area contributed by atoms with E-state index < -0.39 is 0 Å².